The first-order chi connectivity index (χ1) is 21.3. The number of rotatable bonds is 11. The van der Waals surface area contributed by atoms with Crippen molar-refractivity contribution in [1.29, 1.82) is 0 Å². The quantitative estimate of drug-likeness (QED) is 0.0752. The molecule has 1 saturated heterocycles. The first-order valence-corrected chi connectivity index (χ1v) is 16.5. The highest BCUT2D eigenvalue weighted by molar-refractivity contribution is 14.1. The van der Waals surface area contributed by atoms with E-state index >= 15 is 0 Å². The second-order valence-electron chi connectivity index (χ2n) is 10.9. The van der Waals surface area contributed by atoms with Crippen LogP contribution in [0.15, 0.2) is 42.5 Å². The van der Waals surface area contributed by atoms with Crippen molar-refractivity contribution in [3.05, 3.63) is 46.3 Å². The minimum Gasteiger partial charge on any atom is -0.479 e. The maximum absolute atomic E-state index is 14.4. The van der Waals surface area contributed by atoms with Gasteiger partial charge in [-0.2, -0.15) is 15.1 Å². The molecule has 2 aromatic heterocycles. The number of nitrogens with zero attached hydrogens (tertiary/aromatic N) is 4. The number of nitrogens with two attached hydrogens (primary N) is 1. The number of carbonyl (C=O) groups is 1. The average molecular weight is 756 g/mol. The fraction of sp³-hybridized carbons (Fsp3) is 0.429. The second-order valence-corrected chi connectivity index (χ2v) is 13.6. The summed E-state index contributed by atoms with van der Waals surface area (Å²) in [5, 5.41) is 26.9. The topological polar surface area (TPSA) is 202 Å². The fourth-order valence-electron chi connectivity index (χ4n) is 5.08. The van der Waals surface area contributed by atoms with Crippen molar-refractivity contribution in [3.8, 4) is 11.6 Å². The van der Waals surface area contributed by atoms with E-state index in [-0.39, 0.29) is 34.7 Å². The number of nitrogen functional groups attached to an aromatic ring is 1. The molecule has 0 saturated carbocycles. The number of carbonyl (C=O) groups excluding carboxylic acids is 1. The summed E-state index contributed by atoms with van der Waals surface area (Å²) >= 11 is 1.93. The molecule has 0 spiro atoms. The Balaban J connectivity index is 1.47. The number of ether oxygens (including phenoxy) is 3. The van der Waals surface area contributed by atoms with E-state index in [1.165, 1.54) is 25.7 Å². The number of aliphatic hydroxyl groups is 2. The van der Waals surface area contributed by atoms with E-state index in [1.54, 1.807) is 38.1 Å². The smallest absolute Gasteiger partial charge is 0.459 e. The Morgan fingerprint density at radius 1 is 1.20 bits per heavy atom. The summed E-state index contributed by atoms with van der Waals surface area (Å²) in [6.45, 7) is 4.34. The van der Waals surface area contributed by atoms with E-state index in [4.69, 9.17) is 29.0 Å². The largest absolute Gasteiger partial charge is 0.479 e. The highest BCUT2D eigenvalue weighted by Gasteiger charge is 2.55. The molecule has 3 heterocycles. The molecule has 0 bridgehead atoms. The lowest BCUT2D eigenvalue weighted by Crippen LogP contribution is -2.45. The van der Waals surface area contributed by atoms with Gasteiger partial charge >= 0.3 is 13.7 Å². The summed E-state index contributed by atoms with van der Waals surface area (Å²) < 4.78 is 44.4. The molecule has 1 aliphatic rings. The predicted molar refractivity (Wildman–Crippen MR) is 171 cm³/mol. The third-order valence-corrected chi connectivity index (χ3v) is 9.74. The summed E-state index contributed by atoms with van der Waals surface area (Å²) in [5.74, 6) is -0.784. The molecule has 5 rings (SSSR count). The summed E-state index contributed by atoms with van der Waals surface area (Å²) in [6.07, 6.45) is -3.99. The van der Waals surface area contributed by atoms with Gasteiger partial charge in [0.25, 0.3) is 0 Å². The molecule has 45 heavy (non-hydrogen) atoms. The zero-order valence-electron chi connectivity index (χ0n) is 25.1. The normalized spacial score (nSPS) is 23.7. The number of nitrogens with one attached hydrogen (secondary N) is 1. The molecular weight excluding hydrogens is 722 g/mol. The van der Waals surface area contributed by atoms with E-state index in [2.05, 4.69) is 20.0 Å². The summed E-state index contributed by atoms with van der Waals surface area (Å²) in [4.78, 5) is 25.4. The highest BCUT2D eigenvalue weighted by Crippen LogP contribution is 2.49. The van der Waals surface area contributed by atoms with E-state index in [0.717, 1.165) is 5.39 Å². The Bertz CT molecular complexity index is 1760. The average Bonchev–Trinajstić information content (AvgIpc) is 3.44. The van der Waals surface area contributed by atoms with Crippen LogP contribution in [0.2, 0.25) is 0 Å². The molecule has 6 atom stereocenters. The number of methoxy groups -OCH3 is 2. The van der Waals surface area contributed by atoms with Crippen molar-refractivity contribution in [3.63, 3.8) is 0 Å². The number of halogens is 1. The molecule has 17 heteroatoms. The van der Waals surface area contributed by atoms with Gasteiger partial charge in [0.1, 0.15) is 29.6 Å². The van der Waals surface area contributed by atoms with Crippen LogP contribution >= 0.6 is 30.3 Å². The minimum atomic E-state index is -4.39. The molecule has 1 unspecified atom stereocenters. The highest BCUT2D eigenvalue weighted by atomic mass is 127. The van der Waals surface area contributed by atoms with Crippen molar-refractivity contribution in [2.45, 2.75) is 50.8 Å². The zero-order chi connectivity index (χ0) is 32.7. The Morgan fingerprint density at radius 3 is 2.60 bits per heavy atom. The number of hydrogen-bond acceptors (Lipinski definition) is 13. The van der Waals surface area contributed by atoms with Crippen LogP contribution in [-0.4, -0.2) is 80.4 Å². The number of hydrogen-bond donors (Lipinski definition) is 4. The molecule has 15 nitrogen and oxygen atoms in total. The first-order valence-electron chi connectivity index (χ1n) is 13.9. The Hall–Kier alpha value is -3.12. The lowest BCUT2D eigenvalue weighted by Gasteiger charge is -2.28. The summed E-state index contributed by atoms with van der Waals surface area (Å²) in [6, 6.07) is 11.5. The molecule has 1 fully saturated rings. The number of imidazole rings is 1. The number of aliphatic hydroxyl groups excluding tert-OH is 1. The van der Waals surface area contributed by atoms with Gasteiger partial charge in [0.05, 0.1) is 20.8 Å². The summed E-state index contributed by atoms with van der Waals surface area (Å²) in [5.41, 5.74) is 4.44. The minimum absolute atomic E-state index is 0.0992. The SMILES string of the molecule is COC(=O)[C@@H](NP(=O)(OC[C@H]1O[C@@H](n2c(I)nc3c(OC)nc(N)nc32)[C@](C)(O)[C@@H]1O)Oc1cccc2ccccc12)C(C)C. The van der Waals surface area contributed by atoms with Crippen molar-refractivity contribution >= 4 is 64.2 Å². The maximum Gasteiger partial charge on any atom is 0.459 e. The van der Waals surface area contributed by atoms with Crippen LogP contribution in [0.25, 0.3) is 21.9 Å². The fourth-order valence-corrected chi connectivity index (χ4v) is 7.49. The van der Waals surface area contributed by atoms with Gasteiger partial charge < -0.3 is 34.7 Å². The van der Waals surface area contributed by atoms with Crippen LogP contribution < -0.4 is 20.1 Å². The van der Waals surface area contributed by atoms with Gasteiger partial charge in [0.2, 0.25) is 11.8 Å². The van der Waals surface area contributed by atoms with E-state index in [0.29, 0.717) is 9.22 Å². The van der Waals surface area contributed by atoms with Gasteiger partial charge in [-0.25, -0.2) is 9.55 Å². The van der Waals surface area contributed by atoms with E-state index in [1.807, 2.05) is 40.8 Å². The van der Waals surface area contributed by atoms with Gasteiger partial charge in [-0.1, -0.05) is 50.2 Å². The Kier molecular flexibility index (Phi) is 9.56. The molecule has 2 aromatic carbocycles. The zero-order valence-corrected chi connectivity index (χ0v) is 28.1. The third-order valence-electron chi connectivity index (χ3n) is 7.46. The summed E-state index contributed by atoms with van der Waals surface area (Å²) in [7, 11) is -1.76. The lowest BCUT2D eigenvalue weighted by atomic mass is 9.96. The van der Waals surface area contributed by atoms with Gasteiger partial charge in [-0.3, -0.25) is 13.9 Å². The van der Waals surface area contributed by atoms with Crippen LogP contribution in [0.3, 0.4) is 0 Å². The van der Waals surface area contributed by atoms with Crippen molar-refractivity contribution in [1.82, 2.24) is 24.6 Å². The van der Waals surface area contributed by atoms with Gasteiger partial charge in [0, 0.05) is 28.0 Å². The van der Waals surface area contributed by atoms with E-state index < -0.39 is 50.4 Å². The standard InChI is InChI=1S/C28H34IN6O9P/c1-14(2)19(24(37)41-5)34-45(39,44-17-12-8-10-15-9-6-7-11-16(15)17)42-13-18-21(36)28(3,38)25(43-18)35-22-20(31-26(35)29)23(40-4)33-27(30)32-22/h6-12,14,18-19,21,25,36,38H,13H2,1-5H3,(H,34,39)(H2,30,32,33)/t18-,19+,21-,25-,28-,45?/m1/s1. The molecule has 0 amide bonds. The monoisotopic (exact) mass is 756 g/mol. The number of esters is 1. The van der Waals surface area contributed by atoms with Crippen LogP contribution in [0, 0.1) is 9.75 Å². The molecule has 1 aliphatic heterocycles. The van der Waals surface area contributed by atoms with Crippen LogP contribution in [0.5, 0.6) is 11.6 Å². The van der Waals surface area contributed by atoms with Crippen LogP contribution in [-0.2, 0) is 23.4 Å². The Labute approximate surface area is 272 Å². The first kappa shape index (κ1) is 33.2. The molecule has 5 N–H and O–H groups in total. The second kappa shape index (κ2) is 12.9. The Morgan fingerprint density at radius 2 is 1.91 bits per heavy atom. The number of anilines is 1. The predicted octanol–water partition coefficient (Wildman–Crippen LogP) is 3.18. The molecule has 0 radical (unpaired) electrons. The molecule has 0 aliphatic carbocycles. The molecular formula is C28H34IN6O9P. The van der Waals surface area contributed by atoms with Crippen molar-refractivity contribution in [2.75, 3.05) is 26.6 Å². The lowest BCUT2D eigenvalue weighted by molar-refractivity contribution is -0.143. The third kappa shape index (κ3) is 6.45. The van der Waals surface area contributed by atoms with Crippen LogP contribution in [0.1, 0.15) is 27.0 Å². The van der Waals surface area contributed by atoms with Crippen LogP contribution in [0.4, 0.5) is 5.95 Å². The molecule has 242 valence electrons. The number of fused-ring (bicyclic) bond motifs is 2. The number of aromatic nitrogens is 4. The van der Waals surface area contributed by atoms with Gasteiger partial charge in [-0.05, 0) is 24.3 Å². The van der Waals surface area contributed by atoms with Crippen molar-refractivity contribution < 1.29 is 42.8 Å². The molecule has 4 aromatic rings. The van der Waals surface area contributed by atoms with Gasteiger partial charge in [-0.15, -0.1) is 0 Å². The maximum atomic E-state index is 14.4. The van der Waals surface area contributed by atoms with Gasteiger partial charge in [0.15, 0.2) is 21.2 Å². The number of benzene rings is 2. The van der Waals surface area contributed by atoms with Crippen molar-refractivity contribution in [2.24, 2.45) is 5.92 Å². The van der Waals surface area contributed by atoms with E-state index in [9.17, 15) is 19.6 Å².